The first-order chi connectivity index (χ1) is 13.1. The molecule has 0 saturated heterocycles. The number of rotatable bonds is 7. The molecule has 140 valence electrons. The third-order valence-corrected chi connectivity index (χ3v) is 4.99. The van der Waals surface area contributed by atoms with Crippen molar-refractivity contribution < 1.29 is 13.9 Å². The lowest BCUT2D eigenvalue weighted by Crippen LogP contribution is -2.06. The van der Waals surface area contributed by atoms with Gasteiger partial charge in [-0.25, -0.2) is 4.39 Å². The van der Waals surface area contributed by atoms with Gasteiger partial charge >= 0.3 is 0 Å². The van der Waals surface area contributed by atoms with Crippen LogP contribution in [0.4, 0.5) is 10.1 Å². The highest BCUT2D eigenvalue weighted by molar-refractivity contribution is 9.10. The van der Waals surface area contributed by atoms with Crippen LogP contribution in [0.25, 0.3) is 0 Å². The molecule has 0 aliphatic heterocycles. The zero-order chi connectivity index (χ0) is 19.2. The van der Waals surface area contributed by atoms with Gasteiger partial charge in [0.05, 0.1) is 7.11 Å². The highest BCUT2D eigenvalue weighted by atomic mass is 79.9. The second-order valence-electron chi connectivity index (χ2n) is 5.83. The van der Waals surface area contributed by atoms with Crippen LogP contribution in [0.1, 0.15) is 11.1 Å². The van der Waals surface area contributed by atoms with E-state index in [1.54, 1.807) is 19.2 Å². The van der Waals surface area contributed by atoms with Gasteiger partial charge in [-0.3, -0.25) is 0 Å². The van der Waals surface area contributed by atoms with Crippen molar-refractivity contribution in [3.05, 3.63) is 87.1 Å². The number of methoxy groups -OCH3 is 1. The Kier molecular flexibility index (Phi) is 6.58. The molecule has 0 bridgehead atoms. The number of hydrogen-bond donors (Lipinski definition) is 1. The number of nitrogens with one attached hydrogen (secondary N) is 1. The Bertz CT molecular complexity index is 901. The molecule has 1 N–H and O–H groups in total. The van der Waals surface area contributed by atoms with Crippen LogP contribution in [0, 0.1) is 5.82 Å². The largest absolute Gasteiger partial charge is 0.493 e. The molecule has 0 heterocycles. The lowest BCUT2D eigenvalue weighted by atomic mass is 10.1. The molecule has 27 heavy (non-hydrogen) atoms. The van der Waals surface area contributed by atoms with Gasteiger partial charge in [-0.2, -0.15) is 0 Å². The summed E-state index contributed by atoms with van der Waals surface area (Å²) in [5.41, 5.74) is 2.72. The van der Waals surface area contributed by atoms with Gasteiger partial charge in [0, 0.05) is 27.3 Å². The molecule has 3 nitrogen and oxygen atoms in total. The maximum absolute atomic E-state index is 13.1. The molecule has 0 spiro atoms. The molecule has 0 atom stereocenters. The Morgan fingerprint density at radius 1 is 1.00 bits per heavy atom. The highest BCUT2D eigenvalue weighted by Crippen LogP contribution is 2.37. The van der Waals surface area contributed by atoms with Crippen LogP contribution in [0.2, 0.25) is 5.02 Å². The summed E-state index contributed by atoms with van der Waals surface area (Å²) < 4.78 is 25.5. The summed E-state index contributed by atoms with van der Waals surface area (Å²) in [6, 6.07) is 17.5. The molecule has 0 saturated carbocycles. The Labute approximate surface area is 171 Å². The van der Waals surface area contributed by atoms with Gasteiger partial charge in [0.25, 0.3) is 0 Å². The van der Waals surface area contributed by atoms with Gasteiger partial charge in [-0.15, -0.1) is 0 Å². The summed E-state index contributed by atoms with van der Waals surface area (Å²) in [5, 5.41) is 3.96. The fourth-order valence-electron chi connectivity index (χ4n) is 2.56. The second-order valence-corrected chi connectivity index (χ2v) is 7.12. The molecule has 0 fully saturated rings. The first-order valence-electron chi connectivity index (χ1n) is 8.29. The van der Waals surface area contributed by atoms with Crippen LogP contribution in [0.3, 0.4) is 0 Å². The summed E-state index contributed by atoms with van der Waals surface area (Å²) in [7, 11) is 1.61. The molecule has 0 aromatic heterocycles. The van der Waals surface area contributed by atoms with E-state index >= 15 is 0 Å². The molecule has 0 aliphatic rings. The number of ether oxygens (including phenoxy) is 2. The zero-order valence-electron chi connectivity index (χ0n) is 14.6. The lowest BCUT2D eigenvalue weighted by Gasteiger charge is -2.17. The minimum absolute atomic E-state index is 0.268. The Morgan fingerprint density at radius 2 is 1.70 bits per heavy atom. The summed E-state index contributed by atoms with van der Waals surface area (Å²) in [4.78, 5) is 0. The third kappa shape index (κ3) is 5.15. The first kappa shape index (κ1) is 19.5. The summed E-state index contributed by atoms with van der Waals surface area (Å²) in [6.45, 7) is 0.868. The fourth-order valence-corrected chi connectivity index (χ4v) is 3.14. The average molecular weight is 451 g/mol. The summed E-state index contributed by atoms with van der Waals surface area (Å²) in [5.74, 6) is 1.02. The monoisotopic (exact) mass is 449 g/mol. The van der Waals surface area contributed by atoms with Gasteiger partial charge in [0.15, 0.2) is 11.5 Å². The van der Waals surface area contributed by atoms with E-state index in [0.29, 0.717) is 29.7 Å². The van der Waals surface area contributed by atoms with Gasteiger partial charge < -0.3 is 14.8 Å². The van der Waals surface area contributed by atoms with E-state index in [1.807, 2.05) is 36.4 Å². The van der Waals surface area contributed by atoms with E-state index in [-0.39, 0.29) is 5.82 Å². The highest BCUT2D eigenvalue weighted by Gasteiger charge is 2.15. The average Bonchev–Trinajstić information content (AvgIpc) is 2.68. The van der Waals surface area contributed by atoms with Gasteiger partial charge in [0.2, 0.25) is 0 Å². The number of halogens is 3. The Hall–Kier alpha value is -2.24. The molecule has 3 aromatic carbocycles. The zero-order valence-corrected chi connectivity index (χ0v) is 17.0. The van der Waals surface area contributed by atoms with Gasteiger partial charge in [0.1, 0.15) is 12.4 Å². The van der Waals surface area contributed by atoms with E-state index in [4.69, 9.17) is 21.1 Å². The number of hydrogen-bond acceptors (Lipinski definition) is 3. The molecule has 0 aliphatic carbocycles. The smallest absolute Gasteiger partial charge is 0.167 e. The van der Waals surface area contributed by atoms with Crippen LogP contribution in [0.15, 0.2) is 65.1 Å². The van der Waals surface area contributed by atoms with Crippen molar-refractivity contribution in [1.82, 2.24) is 0 Å². The molecule has 6 heteroatoms. The molecule has 3 aromatic rings. The number of anilines is 1. The minimum atomic E-state index is -0.268. The standard InChI is InChI=1S/C21H18BrClFNO2/c1-26-20-11-10-19(22)18(12-25-17-8-6-16(24)7-9-17)21(20)27-13-14-2-4-15(23)5-3-14/h2-11,25H,12-13H2,1H3. The molecular weight excluding hydrogens is 433 g/mol. The Balaban J connectivity index is 1.81. The maximum atomic E-state index is 13.1. The molecule has 3 rings (SSSR count). The molecule has 0 radical (unpaired) electrons. The van der Waals surface area contributed by atoms with Crippen molar-refractivity contribution in [2.24, 2.45) is 0 Å². The first-order valence-corrected chi connectivity index (χ1v) is 9.46. The topological polar surface area (TPSA) is 30.5 Å². The molecular formula is C21H18BrClFNO2. The second kappa shape index (κ2) is 9.11. The number of benzene rings is 3. The fraction of sp³-hybridized carbons (Fsp3) is 0.143. The van der Waals surface area contributed by atoms with Crippen molar-refractivity contribution >= 4 is 33.2 Å². The third-order valence-electron chi connectivity index (χ3n) is 4.00. The Morgan fingerprint density at radius 3 is 2.37 bits per heavy atom. The summed E-state index contributed by atoms with van der Waals surface area (Å²) in [6.07, 6.45) is 0. The van der Waals surface area contributed by atoms with Crippen LogP contribution < -0.4 is 14.8 Å². The van der Waals surface area contributed by atoms with Crippen molar-refractivity contribution in [2.75, 3.05) is 12.4 Å². The van der Waals surface area contributed by atoms with E-state index in [9.17, 15) is 4.39 Å². The lowest BCUT2D eigenvalue weighted by molar-refractivity contribution is 0.281. The molecule has 0 unspecified atom stereocenters. The van der Waals surface area contributed by atoms with Crippen LogP contribution in [-0.4, -0.2) is 7.11 Å². The normalized spacial score (nSPS) is 10.5. The van der Waals surface area contributed by atoms with Crippen molar-refractivity contribution in [3.63, 3.8) is 0 Å². The predicted molar refractivity (Wildman–Crippen MR) is 110 cm³/mol. The maximum Gasteiger partial charge on any atom is 0.167 e. The summed E-state index contributed by atoms with van der Waals surface area (Å²) >= 11 is 9.51. The predicted octanol–water partition coefficient (Wildman–Crippen LogP) is 6.44. The van der Waals surface area contributed by atoms with E-state index < -0.39 is 0 Å². The quantitative estimate of drug-likeness (QED) is 0.449. The van der Waals surface area contributed by atoms with Crippen LogP contribution >= 0.6 is 27.5 Å². The minimum Gasteiger partial charge on any atom is -0.493 e. The van der Waals surface area contributed by atoms with E-state index in [1.165, 1.54) is 12.1 Å². The van der Waals surface area contributed by atoms with Gasteiger partial charge in [-0.1, -0.05) is 39.7 Å². The van der Waals surface area contributed by atoms with Crippen molar-refractivity contribution in [1.29, 1.82) is 0 Å². The van der Waals surface area contributed by atoms with Crippen LogP contribution in [0.5, 0.6) is 11.5 Å². The van der Waals surface area contributed by atoms with Gasteiger partial charge in [-0.05, 0) is 54.1 Å². The SMILES string of the molecule is COc1ccc(Br)c(CNc2ccc(F)cc2)c1OCc1ccc(Cl)cc1. The van der Waals surface area contributed by atoms with Crippen molar-refractivity contribution in [3.8, 4) is 11.5 Å². The van der Waals surface area contributed by atoms with Crippen molar-refractivity contribution in [2.45, 2.75) is 13.2 Å². The van der Waals surface area contributed by atoms with E-state index in [0.717, 1.165) is 21.3 Å². The molecule has 0 amide bonds. The van der Waals surface area contributed by atoms with E-state index in [2.05, 4.69) is 21.2 Å². The van der Waals surface area contributed by atoms with Crippen LogP contribution in [-0.2, 0) is 13.2 Å².